The summed E-state index contributed by atoms with van der Waals surface area (Å²) in [6.07, 6.45) is 2.42. The van der Waals surface area contributed by atoms with Gasteiger partial charge in [-0.25, -0.2) is 0 Å². The van der Waals surface area contributed by atoms with E-state index >= 15 is 0 Å². The SMILES string of the molecule is COc1cc(CN2CCC[C@H](N(C)C)C2)cc(Cl)c1OCC(N)=O. The van der Waals surface area contributed by atoms with Gasteiger partial charge in [-0.15, -0.1) is 0 Å². The van der Waals surface area contributed by atoms with E-state index in [-0.39, 0.29) is 6.61 Å². The van der Waals surface area contributed by atoms with Crippen LogP contribution in [-0.2, 0) is 11.3 Å². The number of methoxy groups -OCH3 is 1. The molecule has 0 saturated carbocycles. The fraction of sp³-hybridized carbons (Fsp3) is 0.588. The molecule has 1 heterocycles. The maximum atomic E-state index is 10.9. The number of amides is 1. The van der Waals surface area contributed by atoms with Gasteiger partial charge in [-0.2, -0.15) is 0 Å². The molecule has 0 unspecified atom stereocenters. The molecule has 0 bridgehead atoms. The van der Waals surface area contributed by atoms with Crippen LogP contribution in [0.15, 0.2) is 12.1 Å². The molecule has 0 aliphatic carbocycles. The molecule has 1 aliphatic rings. The number of rotatable bonds is 7. The largest absolute Gasteiger partial charge is 0.493 e. The van der Waals surface area contributed by atoms with Crippen molar-refractivity contribution < 1.29 is 14.3 Å². The Morgan fingerprint density at radius 3 is 2.83 bits per heavy atom. The minimum Gasteiger partial charge on any atom is -0.493 e. The lowest BCUT2D eigenvalue weighted by atomic mass is 10.0. The molecule has 6 nitrogen and oxygen atoms in total. The molecule has 0 radical (unpaired) electrons. The number of nitrogens with two attached hydrogens (primary N) is 1. The maximum absolute atomic E-state index is 10.9. The summed E-state index contributed by atoms with van der Waals surface area (Å²) < 4.78 is 10.7. The first kappa shape index (κ1) is 18.8. The van der Waals surface area contributed by atoms with Crippen LogP contribution in [0.25, 0.3) is 0 Å². The Hall–Kier alpha value is -1.50. The van der Waals surface area contributed by atoms with Gasteiger partial charge in [0.05, 0.1) is 12.1 Å². The number of benzene rings is 1. The highest BCUT2D eigenvalue weighted by molar-refractivity contribution is 6.32. The Morgan fingerprint density at radius 1 is 1.46 bits per heavy atom. The average Bonchev–Trinajstić information content (AvgIpc) is 2.53. The molecule has 0 aromatic heterocycles. The van der Waals surface area contributed by atoms with Gasteiger partial charge in [-0.1, -0.05) is 11.6 Å². The van der Waals surface area contributed by atoms with Gasteiger partial charge < -0.3 is 20.1 Å². The molecule has 1 saturated heterocycles. The third-order valence-corrected chi connectivity index (χ3v) is 4.55. The third-order valence-electron chi connectivity index (χ3n) is 4.27. The second kappa shape index (κ2) is 8.55. The van der Waals surface area contributed by atoms with E-state index in [1.165, 1.54) is 12.8 Å². The number of halogens is 1. The molecular formula is C17H26ClN3O3. The molecule has 1 amide bonds. The van der Waals surface area contributed by atoms with Crippen LogP contribution in [0.2, 0.25) is 5.02 Å². The number of nitrogens with zero attached hydrogens (tertiary/aromatic N) is 2. The summed E-state index contributed by atoms with van der Waals surface area (Å²) in [6.45, 7) is 2.68. The molecule has 2 rings (SSSR count). The number of likely N-dealkylation sites (tertiary alicyclic amines) is 1. The van der Waals surface area contributed by atoms with Gasteiger partial charge >= 0.3 is 0 Å². The van der Waals surface area contributed by atoms with E-state index in [0.29, 0.717) is 22.6 Å². The number of carbonyl (C=O) groups excluding carboxylic acids is 1. The van der Waals surface area contributed by atoms with Gasteiger partial charge in [-0.05, 0) is 51.2 Å². The van der Waals surface area contributed by atoms with Crippen LogP contribution >= 0.6 is 11.6 Å². The first-order valence-corrected chi connectivity index (χ1v) is 8.44. The first-order valence-electron chi connectivity index (χ1n) is 8.07. The highest BCUT2D eigenvalue weighted by atomic mass is 35.5. The van der Waals surface area contributed by atoms with Crippen LogP contribution in [-0.4, -0.2) is 62.7 Å². The minimum absolute atomic E-state index is 0.230. The summed E-state index contributed by atoms with van der Waals surface area (Å²) in [6, 6.07) is 4.34. The lowest BCUT2D eigenvalue weighted by Gasteiger charge is -2.36. The fourth-order valence-corrected chi connectivity index (χ4v) is 3.29. The predicted molar refractivity (Wildman–Crippen MR) is 94.7 cm³/mol. The normalized spacial score (nSPS) is 18.6. The first-order chi connectivity index (χ1) is 11.4. The van der Waals surface area contributed by atoms with E-state index < -0.39 is 5.91 Å². The van der Waals surface area contributed by atoms with Gasteiger partial charge in [0.1, 0.15) is 0 Å². The van der Waals surface area contributed by atoms with Gasteiger partial charge in [-0.3, -0.25) is 9.69 Å². The number of primary amides is 1. The lowest BCUT2D eigenvalue weighted by molar-refractivity contribution is -0.119. The third kappa shape index (κ3) is 5.00. The maximum Gasteiger partial charge on any atom is 0.255 e. The van der Waals surface area contributed by atoms with Gasteiger partial charge in [0.15, 0.2) is 18.1 Å². The van der Waals surface area contributed by atoms with Gasteiger partial charge in [0.25, 0.3) is 5.91 Å². The van der Waals surface area contributed by atoms with Gasteiger partial charge in [0, 0.05) is 19.1 Å². The predicted octanol–water partition coefficient (Wildman–Crippen LogP) is 1.74. The number of hydrogen-bond donors (Lipinski definition) is 1. The molecule has 1 fully saturated rings. The van der Waals surface area contributed by atoms with Crippen molar-refractivity contribution in [2.75, 3.05) is 40.9 Å². The van der Waals surface area contributed by atoms with E-state index in [1.54, 1.807) is 7.11 Å². The Labute approximate surface area is 148 Å². The minimum atomic E-state index is -0.555. The molecule has 1 aromatic rings. The summed E-state index contributed by atoms with van der Waals surface area (Å²) in [5.74, 6) is 0.312. The topological polar surface area (TPSA) is 68.0 Å². The number of piperidine rings is 1. The summed E-state index contributed by atoms with van der Waals surface area (Å²) in [5.41, 5.74) is 6.17. The Balaban J connectivity index is 2.10. The summed E-state index contributed by atoms with van der Waals surface area (Å²) in [5, 5.41) is 0.423. The highest BCUT2D eigenvalue weighted by Gasteiger charge is 2.22. The van der Waals surface area contributed by atoms with Crippen molar-refractivity contribution in [3.63, 3.8) is 0 Å². The Bertz CT molecular complexity index is 580. The lowest BCUT2D eigenvalue weighted by Crippen LogP contribution is -2.44. The summed E-state index contributed by atoms with van der Waals surface area (Å²) >= 11 is 6.31. The van der Waals surface area contributed by atoms with Crippen LogP contribution in [0.3, 0.4) is 0 Å². The second-order valence-electron chi connectivity index (χ2n) is 6.36. The van der Waals surface area contributed by atoms with Gasteiger partial charge in [0.2, 0.25) is 0 Å². The van der Waals surface area contributed by atoms with E-state index in [0.717, 1.165) is 25.2 Å². The van der Waals surface area contributed by atoms with E-state index in [4.69, 9.17) is 26.8 Å². The zero-order chi connectivity index (χ0) is 17.7. The average molecular weight is 356 g/mol. The van der Waals surface area contributed by atoms with Crippen molar-refractivity contribution in [3.8, 4) is 11.5 Å². The van der Waals surface area contributed by atoms with Crippen molar-refractivity contribution in [1.29, 1.82) is 0 Å². The zero-order valence-electron chi connectivity index (χ0n) is 14.5. The fourth-order valence-electron chi connectivity index (χ4n) is 3.00. The molecule has 2 N–H and O–H groups in total. The van der Waals surface area contributed by atoms with Crippen molar-refractivity contribution in [1.82, 2.24) is 9.80 Å². The summed E-state index contributed by atoms with van der Waals surface area (Å²) in [4.78, 5) is 15.6. The molecule has 0 spiro atoms. The zero-order valence-corrected chi connectivity index (χ0v) is 15.3. The number of hydrogen-bond acceptors (Lipinski definition) is 5. The standard InChI is InChI=1S/C17H26ClN3O3/c1-20(2)13-5-4-6-21(10-13)9-12-7-14(18)17(15(8-12)23-3)24-11-16(19)22/h7-8,13H,4-6,9-11H2,1-3H3,(H2,19,22)/t13-/m0/s1. The van der Waals surface area contributed by atoms with Crippen LogP contribution in [0.4, 0.5) is 0 Å². The van der Waals surface area contributed by atoms with Crippen molar-refractivity contribution in [3.05, 3.63) is 22.7 Å². The number of ether oxygens (including phenoxy) is 2. The quantitative estimate of drug-likeness (QED) is 0.807. The van der Waals surface area contributed by atoms with Crippen LogP contribution in [0, 0.1) is 0 Å². The number of likely N-dealkylation sites (N-methyl/N-ethyl adjacent to an activating group) is 1. The highest BCUT2D eigenvalue weighted by Crippen LogP contribution is 2.37. The van der Waals surface area contributed by atoms with E-state index in [1.807, 2.05) is 12.1 Å². The Morgan fingerprint density at radius 2 is 2.21 bits per heavy atom. The van der Waals surface area contributed by atoms with E-state index in [2.05, 4.69) is 23.9 Å². The smallest absolute Gasteiger partial charge is 0.255 e. The molecule has 7 heteroatoms. The molecule has 134 valence electrons. The molecule has 1 aromatic carbocycles. The molecule has 1 aliphatic heterocycles. The van der Waals surface area contributed by atoms with Crippen LogP contribution < -0.4 is 15.2 Å². The monoisotopic (exact) mass is 355 g/mol. The van der Waals surface area contributed by atoms with E-state index in [9.17, 15) is 4.79 Å². The second-order valence-corrected chi connectivity index (χ2v) is 6.77. The van der Waals surface area contributed by atoms with Crippen LogP contribution in [0.5, 0.6) is 11.5 Å². The molecular weight excluding hydrogens is 330 g/mol. The molecule has 24 heavy (non-hydrogen) atoms. The van der Waals surface area contributed by atoms with Crippen molar-refractivity contribution >= 4 is 17.5 Å². The number of carbonyl (C=O) groups is 1. The summed E-state index contributed by atoms with van der Waals surface area (Å²) in [7, 11) is 5.80. The van der Waals surface area contributed by atoms with Crippen LogP contribution in [0.1, 0.15) is 18.4 Å². The molecule has 1 atom stereocenters. The van der Waals surface area contributed by atoms with Crippen molar-refractivity contribution in [2.45, 2.75) is 25.4 Å². The Kier molecular flexibility index (Phi) is 6.71. The van der Waals surface area contributed by atoms with Crippen molar-refractivity contribution in [2.24, 2.45) is 5.73 Å².